The molecule has 10 heavy (non-hydrogen) atoms. The van der Waals surface area contributed by atoms with Crippen LogP contribution in [0.5, 0.6) is 0 Å². The summed E-state index contributed by atoms with van der Waals surface area (Å²) in [5, 5.41) is 12.8. The number of hydrogen-bond donors (Lipinski definition) is 2. The van der Waals surface area contributed by atoms with Gasteiger partial charge in [0.05, 0.1) is 6.10 Å². The van der Waals surface area contributed by atoms with E-state index >= 15 is 0 Å². The van der Waals surface area contributed by atoms with E-state index in [-0.39, 0.29) is 11.6 Å². The fraction of sp³-hybridized carbons (Fsp3) is 1.00. The lowest BCUT2D eigenvalue weighted by Gasteiger charge is -2.30. The summed E-state index contributed by atoms with van der Waals surface area (Å²) < 4.78 is 0. The van der Waals surface area contributed by atoms with E-state index in [1.54, 1.807) is 0 Å². The first kappa shape index (κ1) is 8.02. The van der Waals surface area contributed by atoms with Crippen molar-refractivity contribution in [3.63, 3.8) is 0 Å². The van der Waals surface area contributed by atoms with Crippen LogP contribution in [-0.4, -0.2) is 23.8 Å². The van der Waals surface area contributed by atoms with Gasteiger partial charge in [0.1, 0.15) is 0 Å². The fourth-order valence-corrected chi connectivity index (χ4v) is 1.15. The molecule has 0 radical (unpaired) electrons. The summed E-state index contributed by atoms with van der Waals surface area (Å²) >= 11 is 0. The highest BCUT2D eigenvalue weighted by atomic mass is 16.3. The predicted octanol–water partition coefficient (Wildman–Crippen LogP) is 0.755. The molecule has 0 saturated heterocycles. The Morgan fingerprint density at radius 3 is 2.30 bits per heavy atom. The van der Waals surface area contributed by atoms with Gasteiger partial charge in [0.25, 0.3) is 0 Å². The van der Waals surface area contributed by atoms with Gasteiger partial charge in [-0.1, -0.05) is 0 Å². The average molecular weight is 143 g/mol. The first-order valence-corrected chi connectivity index (χ1v) is 3.95. The number of aliphatic hydroxyl groups excluding tert-OH is 1. The fourth-order valence-electron chi connectivity index (χ4n) is 1.15. The lowest BCUT2D eigenvalue weighted by Crippen LogP contribution is -2.48. The van der Waals surface area contributed by atoms with E-state index in [2.05, 4.69) is 5.32 Å². The topological polar surface area (TPSA) is 32.3 Å². The summed E-state index contributed by atoms with van der Waals surface area (Å²) in [7, 11) is 1.89. The zero-order valence-electron chi connectivity index (χ0n) is 7.02. The van der Waals surface area contributed by atoms with E-state index in [0.29, 0.717) is 5.92 Å². The number of hydrogen-bond acceptors (Lipinski definition) is 2. The Kier molecular flexibility index (Phi) is 2.02. The number of aliphatic hydroxyl groups is 1. The quantitative estimate of drug-likeness (QED) is 0.611. The van der Waals surface area contributed by atoms with Gasteiger partial charge in [-0.3, -0.25) is 0 Å². The van der Waals surface area contributed by atoms with E-state index in [1.807, 2.05) is 20.9 Å². The monoisotopic (exact) mass is 143 g/mol. The van der Waals surface area contributed by atoms with Crippen LogP contribution < -0.4 is 5.32 Å². The smallest absolute Gasteiger partial charge is 0.0744 e. The first-order valence-electron chi connectivity index (χ1n) is 3.95. The van der Waals surface area contributed by atoms with Crippen molar-refractivity contribution >= 4 is 0 Å². The second kappa shape index (κ2) is 2.51. The Morgan fingerprint density at radius 2 is 2.00 bits per heavy atom. The molecule has 0 aromatic carbocycles. The van der Waals surface area contributed by atoms with Gasteiger partial charge >= 0.3 is 0 Å². The second-order valence-corrected chi connectivity index (χ2v) is 3.75. The van der Waals surface area contributed by atoms with E-state index in [1.165, 1.54) is 12.8 Å². The summed E-state index contributed by atoms with van der Waals surface area (Å²) in [4.78, 5) is 0. The van der Waals surface area contributed by atoms with Crippen molar-refractivity contribution in [1.29, 1.82) is 0 Å². The molecule has 1 atom stereocenters. The average Bonchev–Trinajstić information content (AvgIpc) is 2.68. The molecule has 0 aromatic rings. The van der Waals surface area contributed by atoms with E-state index in [0.717, 1.165) is 0 Å². The molecule has 60 valence electrons. The Balaban J connectivity index is 2.43. The highest BCUT2D eigenvalue weighted by Crippen LogP contribution is 2.36. The van der Waals surface area contributed by atoms with Crippen LogP contribution in [0.4, 0.5) is 0 Å². The number of rotatable bonds is 3. The van der Waals surface area contributed by atoms with Crippen LogP contribution in [0.25, 0.3) is 0 Å². The molecule has 0 aromatic heterocycles. The summed E-state index contributed by atoms with van der Waals surface area (Å²) in [5.41, 5.74) is -0.110. The molecule has 0 spiro atoms. The van der Waals surface area contributed by atoms with Crippen molar-refractivity contribution in [3.05, 3.63) is 0 Å². The van der Waals surface area contributed by atoms with E-state index in [4.69, 9.17) is 0 Å². The van der Waals surface area contributed by atoms with Crippen molar-refractivity contribution in [2.75, 3.05) is 7.05 Å². The molecule has 0 aliphatic heterocycles. The highest BCUT2D eigenvalue weighted by molar-refractivity contribution is 4.94. The molecular formula is C8H17NO. The van der Waals surface area contributed by atoms with Crippen LogP contribution >= 0.6 is 0 Å². The summed E-state index contributed by atoms with van der Waals surface area (Å²) in [6.45, 7) is 4.08. The molecule has 1 fully saturated rings. The van der Waals surface area contributed by atoms with Crippen molar-refractivity contribution in [1.82, 2.24) is 5.32 Å². The minimum absolute atomic E-state index is 0.110. The summed E-state index contributed by atoms with van der Waals surface area (Å²) in [6.07, 6.45) is 2.23. The predicted molar refractivity (Wildman–Crippen MR) is 41.9 cm³/mol. The van der Waals surface area contributed by atoms with Crippen LogP contribution in [0, 0.1) is 5.92 Å². The van der Waals surface area contributed by atoms with Crippen LogP contribution in [0.3, 0.4) is 0 Å². The third-order valence-corrected chi connectivity index (χ3v) is 2.45. The number of nitrogens with one attached hydrogen (secondary N) is 1. The molecule has 2 N–H and O–H groups in total. The molecule has 1 unspecified atom stereocenters. The molecule has 0 amide bonds. The zero-order valence-corrected chi connectivity index (χ0v) is 7.02. The molecular weight excluding hydrogens is 126 g/mol. The van der Waals surface area contributed by atoms with Gasteiger partial charge in [-0.05, 0) is 39.7 Å². The number of likely N-dealkylation sites (N-methyl/N-ethyl adjacent to an activating group) is 1. The maximum Gasteiger partial charge on any atom is 0.0744 e. The van der Waals surface area contributed by atoms with Crippen molar-refractivity contribution in [2.24, 2.45) is 5.92 Å². The third kappa shape index (κ3) is 1.50. The molecule has 0 heterocycles. The Bertz CT molecular complexity index is 118. The zero-order chi connectivity index (χ0) is 7.78. The van der Waals surface area contributed by atoms with Gasteiger partial charge < -0.3 is 10.4 Å². The summed E-state index contributed by atoms with van der Waals surface area (Å²) in [5.74, 6) is 0.558. The first-order chi connectivity index (χ1) is 4.58. The van der Waals surface area contributed by atoms with E-state index in [9.17, 15) is 5.11 Å². The van der Waals surface area contributed by atoms with Crippen molar-refractivity contribution in [3.8, 4) is 0 Å². The standard InChI is InChI=1S/C8H17NO/c1-8(2,9-3)7(10)6-4-5-6/h6-7,9-10H,4-5H2,1-3H3. The Labute approximate surface area is 62.6 Å². The van der Waals surface area contributed by atoms with Gasteiger partial charge in [0, 0.05) is 5.54 Å². The minimum atomic E-state index is -0.169. The van der Waals surface area contributed by atoms with Gasteiger partial charge in [0.2, 0.25) is 0 Å². The van der Waals surface area contributed by atoms with Gasteiger partial charge in [-0.25, -0.2) is 0 Å². The molecule has 0 bridgehead atoms. The van der Waals surface area contributed by atoms with Gasteiger partial charge in [0.15, 0.2) is 0 Å². The molecule has 1 rings (SSSR count). The van der Waals surface area contributed by atoms with E-state index < -0.39 is 0 Å². The van der Waals surface area contributed by atoms with Crippen LogP contribution in [-0.2, 0) is 0 Å². The van der Waals surface area contributed by atoms with Gasteiger partial charge in [-0.2, -0.15) is 0 Å². The van der Waals surface area contributed by atoms with Crippen molar-refractivity contribution < 1.29 is 5.11 Å². The highest BCUT2D eigenvalue weighted by Gasteiger charge is 2.38. The second-order valence-electron chi connectivity index (χ2n) is 3.75. The molecule has 1 aliphatic carbocycles. The van der Waals surface area contributed by atoms with Crippen LogP contribution in [0.1, 0.15) is 26.7 Å². The lowest BCUT2D eigenvalue weighted by atomic mass is 9.94. The SMILES string of the molecule is CNC(C)(C)C(O)C1CC1. The van der Waals surface area contributed by atoms with Gasteiger partial charge in [-0.15, -0.1) is 0 Å². The normalized spacial score (nSPS) is 22.8. The van der Waals surface area contributed by atoms with Crippen LogP contribution in [0.2, 0.25) is 0 Å². The minimum Gasteiger partial charge on any atom is -0.391 e. The molecule has 1 aliphatic rings. The molecule has 2 nitrogen and oxygen atoms in total. The third-order valence-electron chi connectivity index (χ3n) is 2.45. The Morgan fingerprint density at radius 1 is 1.50 bits per heavy atom. The van der Waals surface area contributed by atoms with Crippen LogP contribution in [0.15, 0.2) is 0 Å². The summed E-state index contributed by atoms with van der Waals surface area (Å²) in [6, 6.07) is 0. The molecule has 1 saturated carbocycles. The van der Waals surface area contributed by atoms with Crippen molar-refractivity contribution in [2.45, 2.75) is 38.3 Å². The maximum absolute atomic E-state index is 9.65. The lowest BCUT2D eigenvalue weighted by molar-refractivity contribution is 0.0660. The largest absolute Gasteiger partial charge is 0.391 e. The maximum atomic E-state index is 9.65. The molecule has 2 heteroatoms. The Hall–Kier alpha value is -0.0800.